The molecule has 0 bridgehead atoms. The molecular weight excluding hydrogens is 564 g/mol. The van der Waals surface area contributed by atoms with Crippen LogP contribution in [0.3, 0.4) is 0 Å². The molecule has 6 aromatic carbocycles. The fourth-order valence-electron chi connectivity index (χ4n) is 6.09. The average molecular weight is 611 g/mol. The molecule has 0 radical (unpaired) electrons. The maximum absolute atomic E-state index is 6.32. The summed E-state index contributed by atoms with van der Waals surface area (Å²) in [6, 6.07) is 44.7. The molecule has 1 aliphatic carbocycles. The molecule has 6 nitrogen and oxygen atoms in total. The smallest absolute Gasteiger partial charge is 0.0491 e. The molecule has 1 saturated carbocycles. The number of hydrogen-bond acceptors (Lipinski definition) is 6. The minimum Gasteiger partial charge on any atom is -0.398 e. The van der Waals surface area contributed by atoms with E-state index in [1.807, 2.05) is 97.1 Å². The van der Waals surface area contributed by atoms with Crippen molar-refractivity contribution in [1.82, 2.24) is 0 Å². The van der Waals surface area contributed by atoms with Crippen molar-refractivity contribution >= 4 is 32.9 Å². The first-order valence-electron chi connectivity index (χ1n) is 16.0. The van der Waals surface area contributed by atoms with Crippen LogP contribution in [-0.2, 0) is 0 Å². The van der Waals surface area contributed by atoms with Crippen LogP contribution in [0.2, 0.25) is 0 Å². The second-order valence-corrected chi connectivity index (χ2v) is 12.0. The van der Waals surface area contributed by atoms with Gasteiger partial charge in [0.2, 0.25) is 0 Å². The molecule has 4 atom stereocenters. The number of rotatable bonds is 4. The minimum absolute atomic E-state index is 0.163. The van der Waals surface area contributed by atoms with Gasteiger partial charge in [0.1, 0.15) is 0 Å². The fourth-order valence-corrected chi connectivity index (χ4v) is 6.09. The highest BCUT2D eigenvalue weighted by atomic mass is 14.8. The first kappa shape index (κ1) is 32.7. The summed E-state index contributed by atoms with van der Waals surface area (Å²) in [5, 5.41) is 4.59. The van der Waals surface area contributed by atoms with E-state index < -0.39 is 0 Å². The zero-order valence-corrected chi connectivity index (χ0v) is 26.3. The summed E-state index contributed by atoms with van der Waals surface area (Å²) in [6.45, 7) is 0. The number of fused-ring (bicyclic) bond motifs is 2. The van der Waals surface area contributed by atoms with E-state index in [9.17, 15) is 0 Å². The van der Waals surface area contributed by atoms with Crippen molar-refractivity contribution in [2.75, 3.05) is 11.5 Å². The van der Waals surface area contributed by atoms with Crippen LogP contribution in [0.4, 0.5) is 11.4 Å². The molecule has 236 valence electrons. The van der Waals surface area contributed by atoms with Gasteiger partial charge in [0, 0.05) is 46.7 Å². The number of anilines is 2. The Morgan fingerprint density at radius 3 is 1.15 bits per heavy atom. The van der Waals surface area contributed by atoms with Crippen LogP contribution in [-0.4, -0.2) is 12.1 Å². The van der Waals surface area contributed by atoms with Crippen LogP contribution in [0.25, 0.3) is 32.7 Å². The van der Waals surface area contributed by atoms with Crippen molar-refractivity contribution in [1.29, 1.82) is 0 Å². The molecule has 1 fully saturated rings. The Morgan fingerprint density at radius 2 is 0.783 bits per heavy atom. The zero-order valence-electron chi connectivity index (χ0n) is 26.3. The average Bonchev–Trinajstić information content (AvgIpc) is 3.11. The third-order valence-corrected chi connectivity index (χ3v) is 8.80. The van der Waals surface area contributed by atoms with Gasteiger partial charge in [-0.05, 0) is 57.6 Å². The first-order valence-corrected chi connectivity index (χ1v) is 16.0. The number of nitrogens with two attached hydrogens (primary N) is 6. The molecule has 1 aliphatic rings. The van der Waals surface area contributed by atoms with Gasteiger partial charge in [-0.25, -0.2) is 0 Å². The summed E-state index contributed by atoms with van der Waals surface area (Å²) in [7, 11) is 0. The summed E-state index contributed by atoms with van der Waals surface area (Å²) < 4.78 is 0. The molecule has 0 spiro atoms. The Bertz CT molecular complexity index is 1700. The Labute approximate surface area is 272 Å². The largest absolute Gasteiger partial charge is 0.398 e. The van der Waals surface area contributed by atoms with E-state index in [-0.39, 0.29) is 24.2 Å². The zero-order chi connectivity index (χ0) is 32.5. The van der Waals surface area contributed by atoms with Crippen molar-refractivity contribution in [3.8, 4) is 11.1 Å². The van der Waals surface area contributed by atoms with Crippen molar-refractivity contribution in [3.05, 3.63) is 145 Å². The molecule has 0 saturated heterocycles. The van der Waals surface area contributed by atoms with Crippen LogP contribution in [0, 0.1) is 0 Å². The Morgan fingerprint density at radius 1 is 0.435 bits per heavy atom. The van der Waals surface area contributed by atoms with Gasteiger partial charge in [-0.1, -0.05) is 134 Å². The maximum Gasteiger partial charge on any atom is 0.0491 e. The molecule has 0 aromatic heterocycles. The van der Waals surface area contributed by atoms with E-state index in [4.69, 9.17) is 34.4 Å². The summed E-state index contributed by atoms with van der Waals surface area (Å²) in [6.07, 6.45) is 4.80. The quantitative estimate of drug-likeness (QED) is 0.114. The van der Waals surface area contributed by atoms with Gasteiger partial charge < -0.3 is 34.4 Å². The van der Waals surface area contributed by atoms with Gasteiger partial charge in [-0.3, -0.25) is 0 Å². The SMILES string of the molecule is N[C@@H]1CCCC[C@H]1N.N[C@H](c1ccccc1)[C@H](N)c1ccccc1.Nc1ccc2ccccc2c1-c1c(N)ccc2ccccc12. The topological polar surface area (TPSA) is 156 Å². The summed E-state index contributed by atoms with van der Waals surface area (Å²) in [5.41, 5.74) is 41.9. The van der Waals surface area contributed by atoms with Gasteiger partial charge >= 0.3 is 0 Å². The first-order chi connectivity index (χ1) is 22.3. The highest BCUT2D eigenvalue weighted by molar-refractivity contribution is 6.12. The van der Waals surface area contributed by atoms with Crippen LogP contribution in [0.15, 0.2) is 133 Å². The van der Waals surface area contributed by atoms with E-state index >= 15 is 0 Å². The van der Waals surface area contributed by atoms with E-state index in [0.717, 1.165) is 57.2 Å². The summed E-state index contributed by atoms with van der Waals surface area (Å²) >= 11 is 0. The lowest BCUT2D eigenvalue weighted by Gasteiger charge is -2.24. The molecule has 12 N–H and O–H groups in total. The predicted octanol–water partition coefficient (Wildman–Crippen LogP) is 7.43. The van der Waals surface area contributed by atoms with Crippen LogP contribution >= 0.6 is 0 Å². The second-order valence-electron chi connectivity index (χ2n) is 12.0. The highest BCUT2D eigenvalue weighted by Crippen LogP contribution is 2.41. The standard InChI is InChI=1S/C20H16N2.C14H16N2.C6H14N2/c21-17-11-9-13-5-1-3-7-15(13)19(17)20-16-8-4-2-6-14(16)10-12-18(20)22;15-13(11-7-3-1-4-8-11)14(16)12-9-5-2-6-10-12;7-5-3-1-2-4-6(5)8/h1-12H,21-22H2;1-10,13-14H,15-16H2;5-6H,1-4,7-8H2/t;13-,14-;5-,6-/m.11/s1. The Balaban J connectivity index is 0.000000152. The van der Waals surface area contributed by atoms with Gasteiger partial charge in [0.15, 0.2) is 0 Å². The van der Waals surface area contributed by atoms with E-state index in [1.54, 1.807) is 0 Å². The molecule has 0 heterocycles. The lowest BCUT2D eigenvalue weighted by molar-refractivity contribution is 0.385. The fraction of sp³-hybridized carbons (Fsp3) is 0.200. The number of hydrogen-bond donors (Lipinski definition) is 6. The van der Waals surface area contributed by atoms with Gasteiger partial charge in [-0.2, -0.15) is 0 Å². The van der Waals surface area contributed by atoms with E-state index in [1.165, 1.54) is 23.6 Å². The highest BCUT2D eigenvalue weighted by Gasteiger charge is 2.17. The lowest BCUT2D eigenvalue weighted by atomic mass is 9.91. The summed E-state index contributed by atoms with van der Waals surface area (Å²) in [4.78, 5) is 0. The van der Waals surface area contributed by atoms with Crippen LogP contribution in [0.1, 0.15) is 48.9 Å². The Kier molecular flexibility index (Phi) is 11.0. The van der Waals surface area contributed by atoms with Crippen molar-refractivity contribution in [2.45, 2.75) is 49.9 Å². The maximum atomic E-state index is 6.32. The van der Waals surface area contributed by atoms with Gasteiger partial charge in [0.25, 0.3) is 0 Å². The number of nitrogen functional groups attached to an aromatic ring is 2. The minimum atomic E-state index is -0.163. The predicted molar refractivity (Wildman–Crippen MR) is 197 cm³/mol. The molecule has 0 aliphatic heterocycles. The van der Waals surface area contributed by atoms with Crippen molar-refractivity contribution in [3.63, 3.8) is 0 Å². The molecule has 6 heteroatoms. The molecular formula is C40H46N6. The van der Waals surface area contributed by atoms with Crippen molar-refractivity contribution < 1.29 is 0 Å². The second kappa shape index (κ2) is 15.5. The molecule has 46 heavy (non-hydrogen) atoms. The normalized spacial score (nSPS) is 17.2. The molecule has 7 rings (SSSR count). The van der Waals surface area contributed by atoms with Crippen LogP contribution < -0.4 is 34.4 Å². The lowest BCUT2D eigenvalue weighted by Crippen LogP contribution is -2.43. The van der Waals surface area contributed by atoms with Crippen molar-refractivity contribution in [2.24, 2.45) is 22.9 Å². The van der Waals surface area contributed by atoms with E-state index in [0.29, 0.717) is 0 Å². The third kappa shape index (κ3) is 7.73. The molecule has 0 unspecified atom stereocenters. The molecule has 0 amide bonds. The monoisotopic (exact) mass is 610 g/mol. The third-order valence-electron chi connectivity index (χ3n) is 8.80. The van der Waals surface area contributed by atoms with Gasteiger partial charge in [0.05, 0.1) is 0 Å². The van der Waals surface area contributed by atoms with Crippen LogP contribution in [0.5, 0.6) is 0 Å². The van der Waals surface area contributed by atoms with Gasteiger partial charge in [-0.15, -0.1) is 0 Å². The molecule has 6 aromatic rings. The number of benzene rings is 6. The Hall–Kier alpha value is -4.72. The summed E-state index contributed by atoms with van der Waals surface area (Å²) in [5.74, 6) is 0. The van der Waals surface area contributed by atoms with E-state index in [2.05, 4.69) is 36.4 Å².